The Hall–Kier alpha value is -2.18. The predicted octanol–water partition coefficient (Wildman–Crippen LogP) is 5.35. The monoisotopic (exact) mass is 418 g/mol. The van der Waals surface area contributed by atoms with Crippen molar-refractivity contribution in [3.63, 3.8) is 0 Å². The van der Waals surface area contributed by atoms with Crippen molar-refractivity contribution in [2.24, 2.45) is 0 Å². The van der Waals surface area contributed by atoms with Crippen molar-refractivity contribution >= 4 is 22.5 Å². The van der Waals surface area contributed by atoms with Gasteiger partial charge in [-0.2, -0.15) is 0 Å². The summed E-state index contributed by atoms with van der Waals surface area (Å²) < 4.78 is 37.5. The molecule has 1 unspecified atom stereocenters. The van der Waals surface area contributed by atoms with E-state index in [4.69, 9.17) is 0 Å². The van der Waals surface area contributed by atoms with Gasteiger partial charge in [0, 0.05) is 0 Å². The highest BCUT2D eigenvalue weighted by Crippen LogP contribution is 2.45. The number of hydrogen-bond acceptors (Lipinski definition) is 3. The zero-order valence-electron chi connectivity index (χ0n) is 17.1. The van der Waals surface area contributed by atoms with Crippen molar-refractivity contribution in [3.8, 4) is 11.1 Å². The van der Waals surface area contributed by atoms with Crippen molar-refractivity contribution in [1.82, 2.24) is 0 Å². The number of aliphatic hydroxyl groups excluding tert-OH is 1. The molecule has 3 rings (SSSR count). The van der Waals surface area contributed by atoms with Gasteiger partial charge in [-0.05, 0) is 79.7 Å². The van der Waals surface area contributed by atoms with E-state index in [1.807, 2.05) is 6.92 Å². The molecule has 0 fully saturated rings. The number of benzene rings is 2. The first-order chi connectivity index (χ1) is 13.4. The molecule has 2 aromatic carbocycles. The van der Waals surface area contributed by atoms with Crippen LogP contribution in [0.2, 0.25) is 0 Å². The number of ketones is 1. The van der Waals surface area contributed by atoms with Crippen LogP contribution in [0.4, 0.5) is 8.78 Å². The summed E-state index contributed by atoms with van der Waals surface area (Å²) in [7, 11) is 0. The van der Waals surface area contributed by atoms with Crippen molar-refractivity contribution in [2.75, 3.05) is 0 Å². The fraction of sp³-hybridized carbons (Fsp3) is 0.348. The molecule has 0 saturated heterocycles. The summed E-state index contributed by atoms with van der Waals surface area (Å²) in [5, 5.41) is 10.9. The number of halogens is 2. The number of hydrogen-bond donors (Lipinski definition) is 1. The third-order valence-electron chi connectivity index (χ3n) is 5.52. The number of aryl methyl sites for hydroxylation is 1. The average Bonchev–Trinajstić information content (AvgIpc) is 2.68. The van der Waals surface area contributed by atoms with Gasteiger partial charge in [0.25, 0.3) is 0 Å². The minimum atomic E-state index is -1.60. The molecule has 0 amide bonds. The lowest BCUT2D eigenvalue weighted by atomic mass is 9.85. The molecule has 1 heterocycles. The SMILES string of the molecule is CCc1cc(-c2ccc(F)c(F)c2)ccc1C1=C(O)C(C)(C)[S+]([O-])C(C)(C)C1=O. The van der Waals surface area contributed by atoms with Gasteiger partial charge in [0.15, 0.2) is 26.9 Å². The van der Waals surface area contributed by atoms with Gasteiger partial charge in [-0.25, -0.2) is 8.78 Å². The molecule has 1 aliphatic heterocycles. The molecule has 0 bridgehead atoms. The third-order valence-corrected chi connectivity index (χ3v) is 7.75. The normalized spacial score (nSPS) is 20.8. The highest BCUT2D eigenvalue weighted by atomic mass is 32.2. The Kier molecular flexibility index (Phi) is 5.39. The van der Waals surface area contributed by atoms with Crippen molar-refractivity contribution in [2.45, 2.75) is 50.5 Å². The maximum absolute atomic E-state index is 13.6. The Morgan fingerprint density at radius 2 is 1.55 bits per heavy atom. The van der Waals surface area contributed by atoms with Crippen LogP contribution in [0.1, 0.15) is 45.7 Å². The molecule has 0 radical (unpaired) electrons. The molecule has 154 valence electrons. The highest BCUT2D eigenvalue weighted by Gasteiger charge is 2.57. The molecule has 6 heteroatoms. The van der Waals surface area contributed by atoms with Crippen LogP contribution in [0.3, 0.4) is 0 Å². The largest absolute Gasteiger partial charge is 0.615 e. The van der Waals surface area contributed by atoms with E-state index < -0.39 is 32.3 Å². The molecule has 0 spiro atoms. The maximum Gasteiger partial charge on any atom is 0.221 e. The van der Waals surface area contributed by atoms with Crippen molar-refractivity contribution in [1.29, 1.82) is 0 Å². The highest BCUT2D eigenvalue weighted by molar-refractivity contribution is 7.95. The van der Waals surface area contributed by atoms with Crippen LogP contribution in [0.5, 0.6) is 0 Å². The lowest BCUT2D eigenvalue weighted by molar-refractivity contribution is -0.115. The van der Waals surface area contributed by atoms with E-state index in [2.05, 4.69) is 0 Å². The van der Waals surface area contributed by atoms with E-state index in [9.17, 15) is 23.2 Å². The summed E-state index contributed by atoms with van der Waals surface area (Å²) in [5.74, 6) is -2.40. The van der Waals surface area contributed by atoms with E-state index in [0.717, 1.165) is 17.7 Å². The molecule has 0 aliphatic carbocycles. The second-order valence-electron chi connectivity index (χ2n) is 8.20. The summed E-state index contributed by atoms with van der Waals surface area (Å²) in [6.45, 7) is 8.48. The Morgan fingerprint density at radius 1 is 0.966 bits per heavy atom. The Bertz CT molecular complexity index is 1020. The number of rotatable bonds is 3. The average molecular weight is 419 g/mol. The van der Waals surface area contributed by atoms with Crippen LogP contribution < -0.4 is 0 Å². The topological polar surface area (TPSA) is 60.4 Å². The van der Waals surface area contributed by atoms with Gasteiger partial charge in [-0.3, -0.25) is 4.79 Å². The number of allylic oxidation sites excluding steroid dienone is 1. The van der Waals surface area contributed by atoms with Gasteiger partial charge in [0.1, 0.15) is 0 Å². The second-order valence-corrected chi connectivity index (χ2v) is 10.8. The molecule has 1 aliphatic rings. The van der Waals surface area contributed by atoms with E-state index in [0.29, 0.717) is 23.1 Å². The number of carbonyl (C=O) groups is 1. The summed E-state index contributed by atoms with van der Waals surface area (Å²) >= 11 is -1.60. The zero-order chi connectivity index (χ0) is 21.7. The van der Waals surface area contributed by atoms with Crippen LogP contribution in [-0.4, -0.2) is 24.9 Å². The molecule has 1 atom stereocenters. The molecular formula is C23H24F2O3S. The fourth-order valence-electron chi connectivity index (χ4n) is 3.75. The van der Waals surface area contributed by atoms with Crippen LogP contribution >= 0.6 is 0 Å². The lowest BCUT2D eigenvalue weighted by Gasteiger charge is -2.42. The van der Waals surface area contributed by atoms with Crippen LogP contribution in [-0.2, 0) is 22.4 Å². The van der Waals surface area contributed by atoms with Crippen LogP contribution in [0, 0.1) is 11.6 Å². The lowest BCUT2D eigenvalue weighted by Crippen LogP contribution is -2.55. The van der Waals surface area contributed by atoms with E-state index in [1.165, 1.54) is 6.07 Å². The van der Waals surface area contributed by atoms with Crippen LogP contribution in [0.15, 0.2) is 42.2 Å². The standard InChI is InChI=1S/C23H24F2O3S/c1-6-13-11-14(15-8-10-17(24)18(25)12-15)7-9-16(13)19-20(26)22(2,3)29(28)23(4,5)21(19)27/h7-12,26H,6H2,1-5H3. The summed E-state index contributed by atoms with van der Waals surface area (Å²) in [6.07, 6.45) is 0.556. The summed E-state index contributed by atoms with van der Waals surface area (Å²) in [6, 6.07) is 8.91. The minimum absolute atomic E-state index is 0.174. The summed E-state index contributed by atoms with van der Waals surface area (Å²) in [4.78, 5) is 13.2. The number of carbonyl (C=O) groups excluding carboxylic acids is 1. The summed E-state index contributed by atoms with van der Waals surface area (Å²) in [5.41, 5.74) is 2.71. The molecule has 3 nitrogen and oxygen atoms in total. The smallest absolute Gasteiger partial charge is 0.221 e. The van der Waals surface area contributed by atoms with Gasteiger partial charge in [-0.15, -0.1) is 0 Å². The van der Waals surface area contributed by atoms with Gasteiger partial charge in [0.2, 0.25) is 5.78 Å². The Balaban J connectivity index is 2.19. The quantitative estimate of drug-likeness (QED) is 0.684. The van der Waals surface area contributed by atoms with Gasteiger partial charge < -0.3 is 9.66 Å². The second kappa shape index (κ2) is 7.26. The van der Waals surface area contributed by atoms with Gasteiger partial charge in [0.05, 0.1) is 5.57 Å². The van der Waals surface area contributed by atoms with Crippen molar-refractivity contribution < 1.29 is 23.2 Å². The molecule has 0 aromatic heterocycles. The van der Waals surface area contributed by atoms with E-state index in [-0.39, 0.29) is 17.1 Å². The van der Waals surface area contributed by atoms with Gasteiger partial charge >= 0.3 is 0 Å². The zero-order valence-corrected chi connectivity index (χ0v) is 17.9. The Labute approximate surface area is 172 Å². The first-order valence-electron chi connectivity index (χ1n) is 9.42. The van der Waals surface area contributed by atoms with E-state index in [1.54, 1.807) is 45.9 Å². The number of Topliss-reactive ketones (excluding diaryl/α,β-unsaturated/α-hetero) is 1. The predicted molar refractivity (Wildman–Crippen MR) is 112 cm³/mol. The Morgan fingerprint density at radius 3 is 2.14 bits per heavy atom. The fourth-order valence-corrected chi connectivity index (χ4v) is 5.58. The molecule has 1 N–H and O–H groups in total. The van der Waals surface area contributed by atoms with E-state index >= 15 is 0 Å². The number of aliphatic hydroxyl groups is 1. The third kappa shape index (κ3) is 3.38. The molecular weight excluding hydrogens is 394 g/mol. The first kappa shape index (κ1) is 21.5. The van der Waals surface area contributed by atoms with Crippen LogP contribution in [0.25, 0.3) is 16.7 Å². The molecule has 0 saturated carbocycles. The van der Waals surface area contributed by atoms with Crippen molar-refractivity contribution in [3.05, 3.63) is 64.9 Å². The molecule has 2 aromatic rings. The molecule has 29 heavy (non-hydrogen) atoms. The van der Waals surface area contributed by atoms with Gasteiger partial charge in [-0.1, -0.05) is 31.2 Å². The first-order valence-corrected chi connectivity index (χ1v) is 10.6. The maximum atomic E-state index is 13.6. The minimum Gasteiger partial charge on any atom is -0.615 e.